The first-order chi connectivity index (χ1) is 12.1. The average molecular weight is 336 g/mol. The predicted octanol–water partition coefficient (Wildman–Crippen LogP) is 2.86. The molecule has 1 amide bonds. The summed E-state index contributed by atoms with van der Waals surface area (Å²) in [7, 11) is 5.61. The molecule has 0 aliphatic heterocycles. The Bertz CT molecular complexity index is 755. The Balaban J connectivity index is 1.79. The number of nitrogens with zero attached hydrogens (tertiary/aromatic N) is 1. The number of benzene rings is 2. The molecule has 2 aromatic carbocycles. The van der Waals surface area contributed by atoms with Gasteiger partial charge in [-0.3, -0.25) is 4.79 Å². The highest BCUT2D eigenvalue weighted by molar-refractivity contribution is 5.76. The number of nitrogens with one attached hydrogen (secondary N) is 1. The van der Waals surface area contributed by atoms with E-state index in [9.17, 15) is 4.79 Å². The van der Waals surface area contributed by atoms with Gasteiger partial charge in [-0.2, -0.15) is 0 Å². The van der Waals surface area contributed by atoms with E-state index in [0.717, 1.165) is 22.6 Å². The van der Waals surface area contributed by atoms with E-state index >= 15 is 0 Å². The molecule has 2 aromatic rings. The number of anilines is 1. The van der Waals surface area contributed by atoms with Crippen LogP contribution in [-0.2, 0) is 11.2 Å². The summed E-state index contributed by atoms with van der Waals surface area (Å²) in [6, 6.07) is 15.7. The summed E-state index contributed by atoms with van der Waals surface area (Å²) in [5.74, 6) is 6.96. The Labute approximate surface area is 149 Å². The Kier molecular flexibility index (Phi) is 6.91. The van der Waals surface area contributed by atoms with Gasteiger partial charge in [0.1, 0.15) is 5.75 Å². The summed E-state index contributed by atoms with van der Waals surface area (Å²) in [5.41, 5.74) is 3.14. The summed E-state index contributed by atoms with van der Waals surface area (Å²) in [6.45, 7) is 0.350. The molecule has 0 aliphatic carbocycles. The molecule has 1 N–H and O–H groups in total. The van der Waals surface area contributed by atoms with E-state index in [1.54, 1.807) is 7.11 Å². The lowest BCUT2D eigenvalue weighted by Crippen LogP contribution is -2.23. The van der Waals surface area contributed by atoms with E-state index in [4.69, 9.17) is 4.74 Å². The fraction of sp³-hybridized carbons (Fsp3) is 0.286. The van der Waals surface area contributed by atoms with Crippen LogP contribution in [0.5, 0.6) is 5.75 Å². The highest BCUT2D eigenvalue weighted by Crippen LogP contribution is 2.16. The Hall–Kier alpha value is -2.93. The number of rotatable bonds is 6. The largest absolute Gasteiger partial charge is 0.497 e. The van der Waals surface area contributed by atoms with E-state index in [1.165, 1.54) is 0 Å². The number of aryl methyl sites for hydroxylation is 1. The van der Waals surface area contributed by atoms with E-state index < -0.39 is 0 Å². The number of para-hydroxylation sites is 1. The molecule has 4 nitrogen and oxygen atoms in total. The van der Waals surface area contributed by atoms with Crippen molar-refractivity contribution in [3.63, 3.8) is 0 Å². The van der Waals surface area contributed by atoms with Crippen LogP contribution < -0.4 is 15.0 Å². The van der Waals surface area contributed by atoms with Gasteiger partial charge in [0.2, 0.25) is 5.91 Å². The maximum atomic E-state index is 11.9. The summed E-state index contributed by atoms with van der Waals surface area (Å²) < 4.78 is 5.12. The Morgan fingerprint density at radius 3 is 2.52 bits per heavy atom. The molecular formula is C21H24N2O2. The van der Waals surface area contributed by atoms with Crippen molar-refractivity contribution < 1.29 is 9.53 Å². The first-order valence-electron chi connectivity index (χ1n) is 8.25. The summed E-state index contributed by atoms with van der Waals surface area (Å²) in [6.07, 6.45) is 1.15. The summed E-state index contributed by atoms with van der Waals surface area (Å²) in [5, 5.41) is 2.84. The SMILES string of the molecule is COc1ccc(CCC(=O)NCC#Cc2ccccc2N(C)C)cc1. The van der Waals surface area contributed by atoms with Crippen LogP contribution in [0.4, 0.5) is 5.69 Å². The van der Waals surface area contributed by atoms with Gasteiger partial charge < -0.3 is 15.0 Å². The molecule has 0 bridgehead atoms. The molecule has 130 valence electrons. The Morgan fingerprint density at radius 1 is 1.12 bits per heavy atom. The number of methoxy groups -OCH3 is 1. The van der Waals surface area contributed by atoms with Crippen LogP contribution in [0.1, 0.15) is 17.5 Å². The molecule has 2 rings (SSSR count). The van der Waals surface area contributed by atoms with Crippen LogP contribution in [0, 0.1) is 11.8 Å². The third kappa shape index (κ3) is 5.89. The number of carbonyl (C=O) groups excluding carboxylic acids is 1. The van der Waals surface area contributed by atoms with Gasteiger partial charge in [0.25, 0.3) is 0 Å². The molecule has 0 aromatic heterocycles. The number of ether oxygens (including phenoxy) is 1. The van der Waals surface area contributed by atoms with Crippen molar-refractivity contribution in [2.45, 2.75) is 12.8 Å². The van der Waals surface area contributed by atoms with Gasteiger partial charge in [-0.15, -0.1) is 0 Å². The van der Waals surface area contributed by atoms with Gasteiger partial charge in [-0.05, 0) is 36.2 Å². The molecule has 0 heterocycles. The molecule has 0 radical (unpaired) electrons. The lowest BCUT2D eigenvalue weighted by molar-refractivity contribution is -0.120. The smallest absolute Gasteiger partial charge is 0.221 e. The number of carbonyl (C=O) groups is 1. The average Bonchev–Trinajstić information content (AvgIpc) is 2.64. The lowest BCUT2D eigenvalue weighted by Gasteiger charge is -2.13. The van der Waals surface area contributed by atoms with Crippen molar-refractivity contribution >= 4 is 11.6 Å². The molecule has 0 unspecified atom stereocenters. The molecule has 0 saturated carbocycles. The van der Waals surface area contributed by atoms with Crippen molar-refractivity contribution in [3.05, 3.63) is 59.7 Å². The van der Waals surface area contributed by atoms with E-state index in [2.05, 4.69) is 17.2 Å². The first kappa shape index (κ1) is 18.4. The quantitative estimate of drug-likeness (QED) is 0.825. The van der Waals surface area contributed by atoms with Crippen molar-refractivity contribution in [2.75, 3.05) is 32.6 Å². The van der Waals surface area contributed by atoms with Gasteiger partial charge in [0.15, 0.2) is 0 Å². The van der Waals surface area contributed by atoms with Crippen LogP contribution in [-0.4, -0.2) is 33.7 Å². The van der Waals surface area contributed by atoms with Crippen molar-refractivity contribution in [3.8, 4) is 17.6 Å². The minimum absolute atomic E-state index is 0.00557. The molecule has 0 aliphatic rings. The maximum absolute atomic E-state index is 11.9. The summed E-state index contributed by atoms with van der Waals surface area (Å²) in [4.78, 5) is 13.9. The molecule has 0 saturated heterocycles. The van der Waals surface area contributed by atoms with Crippen LogP contribution in [0.2, 0.25) is 0 Å². The Morgan fingerprint density at radius 2 is 1.84 bits per heavy atom. The minimum atomic E-state index is 0.00557. The van der Waals surface area contributed by atoms with E-state index in [-0.39, 0.29) is 5.91 Å². The van der Waals surface area contributed by atoms with Crippen molar-refractivity contribution in [1.82, 2.24) is 5.32 Å². The normalized spacial score (nSPS) is 9.72. The van der Waals surface area contributed by atoms with Gasteiger partial charge in [0.05, 0.1) is 19.3 Å². The monoisotopic (exact) mass is 336 g/mol. The van der Waals surface area contributed by atoms with Crippen molar-refractivity contribution in [2.24, 2.45) is 0 Å². The second-order valence-corrected chi connectivity index (χ2v) is 5.84. The van der Waals surface area contributed by atoms with Crippen LogP contribution in [0.25, 0.3) is 0 Å². The van der Waals surface area contributed by atoms with Crippen LogP contribution in [0.3, 0.4) is 0 Å². The van der Waals surface area contributed by atoms with Crippen LogP contribution >= 0.6 is 0 Å². The third-order valence-electron chi connectivity index (χ3n) is 3.78. The standard InChI is InChI=1S/C21H24N2O2/c1-23(2)20-9-5-4-7-18(20)8-6-16-22-21(24)15-12-17-10-13-19(25-3)14-11-17/h4-5,7,9-11,13-14H,12,15-16H2,1-3H3,(H,22,24). The first-order valence-corrected chi connectivity index (χ1v) is 8.25. The summed E-state index contributed by atoms with van der Waals surface area (Å²) >= 11 is 0. The fourth-order valence-electron chi connectivity index (χ4n) is 2.39. The zero-order valence-electron chi connectivity index (χ0n) is 15.0. The maximum Gasteiger partial charge on any atom is 0.221 e. The second kappa shape index (κ2) is 9.39. The van der Waals surface area contributed by atoms with Gasteiger partial charge in [-0.25, -0.2) is 0 Å². The predicted molar refractivity (Wildman–Crippen MR) is 102 cm³/mol. The third-order valence-corrected chi connectivity index (χ3v) is 3.78. The van der Waals surface area contributed by atoms with E-state index in [1.807, 2.05) is 67.5 Å². The van der Waals surface area contributed by atoms with Gasteiger partial charge >= 0.3 is 0 Å². The number of amides is 1. The highest BCUT2D eigenvalue weighted by atomic mass is 16.5. The fourth-order valence-corrected chi connectivity index (χ4v) is 2.39. The van der Waals surface area contributed by atoms with Gasteiger partial charge in [0, 0.05) is 26.1 Å². The highest BCUT2D eigenvalue weighted by Gasteiger charge is 2.02. The molecule has 0 spiro atoms. The number of hydrogen-bond donors (Lipinski definition) is 1. The van der Waals surface area contributed by atoms with Gasteiger partial charge in [-0.1, -0.05) is 36.1 Å². The molecule has 4 heteroatoms. The van der Waals surface area contributed by atoms with Crippen molar-refractivity contribution in [1.29, 1.82) is 0 Å². The molecule has 0 atom stereocenters. The number of hydrogen-bond acceptors (Lipinski definition) is 3. The minimum Gasteiger partial charge on any atom is -0.497 e. The second-order valence-electron chi connectivity index (χ2n) is 5.84. The molecule has 25 heavy (non-hydrogen) atoms. The van der Waals surface area contributed by atoms with Crippen LogP contribution in [0.15, 0.2) is 48.5 Å². The molecular weight excluding hydrogens is 312 g/mol. The molecule has 0 fully saturated rings. The topological polar surface area (TPSA) is 41.6 Å². The van der Waals surface area contributed by atoms with E-state index in [0.29, 0.717) is 19.4 Å². The zero-order chi connectivity index (χ0) is 18.1. The zero-order valence-corrected chi connectivity index (χ0v) is 15.0. The lowest BCUT2D eigenvalue weighted by atomic mass is 10.1.